The Morgan fingerprint density at radius 3 is 2.73 bits per heavy atom. The summed E-state index contributed by atoms with van der Waals surface area (Å²) < 4.78 is 5.34. The number of rotatable bonds is 5. The average Bonchev–Trinajstić information content (AvgIpc) is 1.94. The fourth-order valence-electron chi connectivity index (χ4n) is 1.23. The van der Waals surface area contributed by atoms with Gasteiger partial charge in [0.05, 0.1) is 6.61 Å². The number of hydrogen-bond acceptors (Lipinski definition) is 3. The van der Waals surface area contributed by atoms with Crippen LogP contribution >= 0.6 is 0 Å². The van der Waals surface area contributed by atoms with Crippen LogP contribution in [0.4, 0.5) is 0 Å². The van der Waals surface area contributed by atoms with Gasteiger partial charge in [0.25, 0.3) is 0 Å². The predicted octanol–water partition coefficient (Wildman–Crippen LogP) is 0.0559. The summed E-state index contributed by atoms with van der Waals surface area (Å²) in [4.78, 5) is 2.32. The molecule has 0 aromatic heterocycles. The third-order valence-electron chi connectivity index (χ3n) is 1.89. The second-order valence-corrected chi connectivity index (χ2v) is 3.13. The summed E-state index contributed by atoms with van der Waals surface area (Å²) in [5.74, 6) is 0. The van der Waals surface area contributed by atoms with Crippen molar-refractivity contribution in [3.8, 4) is 0 Å². The van der Waals surface area contributed by atoms with E-state index in [9.17, 15) is 0 Å². The van der Waals surface area contributed by atoms with Crippen molar-refractivity contribution >= 4 is 0 Å². The number of ether oxygens (including phenoxy) is 1. The average molecular weight is 158 g/mol. The monoisotopic (exact) mass is 158 g/mol. The maximum Gasteiger partial charge on any atom is 0.0593 e. The zero-order valence-electron chi connectivity index (χ0n) is 7.25. The van der Waals surface area contributed by atoms with Crippen LogP contribution in [0.3, 0.4) is 0 Å². The first-order chi connectivity index (χ1) is 5.33. The molecular weight excluding hydrogens is 140 g/mol. The molecule has 0 aromatic carbocycles. The normalized spacial score (nSPS) is 20.2. The Labute approximate surface area is 68.5 Å². The van der Waals surface area contributed by atoms with Gasteiger partial charge >= 0.3 is 0 Å². The molecule has 1 saturated heterocycles. The number of hydrogen-bond donors (Lipinski definition) is 1. The Morgan fingerprint density at radius 2 is 2.18 bits per heavy atom. The van der Waals surface area contributed by atoms with E-state index < -0.39 is 0 Å². The summed E-state index contributed by atoms with van der Waals surface area (Å²) in [5.41, 5.74) is 5.62. The van der Waals surface area contributed by atoms with Crippen molar-refractivity contribution in [2.45, 2.75) is 19.4 Å². The molecule has 1 rings (SSSR count). The summed E-state index contributed by atoms with van der Waals surface area (Å²) in [6, 6.07) is 0.418. The van der Waals surface area contributed by atoms with E-state index in [0.29, 0.717) is 6.04 Å². The second-order valence-electron chi connectivity index (χ2n) is 3.13. The molecule has 1 fully saturated rings. The zero-order valence-corrected chi connectivity index (χ0v) is 7.25. The highest BCUT2D eigenvalue weighted by atomic mass is 16.5. The van der Waals surface area contributed by atoms with E-state index in [1.165, 1.54) is 0 Å². The smallest absolute Gasteiger partial charge is 0.0593 e. The molecule has 3 nitrogen and oxygen atoms in total. The van der Waals surface area contributed by atoms with E-state index in [2.05, 4.69) is 11.8 Å². The molecule has 3 heteroatoms. The lowest BCUT2D eigenvalue weighted by Crippen LogP contribution is -2.56. The van der Waals surface area contributed by atoms with Crippen LogP contribution in [0.1, 0.15) is 13.3 Å². The first kappa shape index (κ1) is 8.97. The molecule has 1 heterocycles. The summed E-state index contributed by atoms with van der Waals surface area (Å²) in [6.45, 7) is 7.03. The maximum atomic E-state index is 5.62. The first-order valence-electron chi connectivity index (χ1n) is 4.38. The molecule has 0 radical (unpaired) electrons. The molecule has 0 unspecified atom stereocenters. The Balaban J connectivity index is 1.81. The zero-order chi connectivity index (χ0) is 8.10. The van der Waals surface area contributed by atoms with Crippen molar-refractivity contribution in [3.05, 3.63) is 0 Å². The van der Waals surface area contributed by atoms with E-state index in [0.717, 1.165) is 39.3 Å². The minimum atomic E-state index is 0.418. The second kappa shape index (κ2) is 4.70. The lowest BCUT2D eigenvalue weighted by Gasteiger charge is -2.36. The lowest BCUT2D eigenvalue weighted by atomic mass is 10.1. The quantitative estimate of drug-likeness (QED) is 0.575. The van der Waals surface area contributed by atoms with Crippen LogP contribution in [0.25, 0.3) is 0 Å². The molecular formula is C8H18N2O. The van der Waals surface area contributed by atoms with Crippen LogP contribution in [0.15, 0.2) is 0 Å². The van der Waals surface area contributed by atoms with Crippen molar-refractivity contribution in [1.29, 1.82) is 0 Å². The molecule has 1 aliphatic rings. The Morgan fingerprint density at radius 1 is 1.45 bits per heavy atom. The van der Waals surface area contributed by atoms with Gasteiger partial charge in [0, 0.05) is 32.3 Å². The molecule has 0 saturated carbocycles. The Kier molecular flexibility index (Phi) is 3.83. The van der Waals surface area contributed by atoms with Crippen LogP contribution < -0.4 is 5.73 Å². The molecule has 0 atom stereocenters. The maximum absolute atomic E-state index is 5.62. The third kappa shape index (κ3) is 3.18. The van der Waals surface area contributed by atoms with Gasteiger partial charge in [0.1, 0.15) is 0 Å². The van der Waals surface area contributed by atoms with Crippen LogP contribution in [0.5, 0.6) is 0 Å². The third-order valence-corrected chi connectivity index (χ3v) is 1.89. The van der Waals surface area contributed by atoms with Gasteiger partial charge in [-0.2, -0.15) is 0 Å². The van der Waals surface area contributed by atoms with Gasteiger partial charge in [-0.05, 0) is 6.42 Å². The number of likely N-dealkylation sites (tertiary alicyclic amines) is 1. The van der Waals surface area contributed by atoms with Crippen LogP contribution in [0, 0.1) is 0 Å². The Bertz CT molecular complexity index is 102. The fraction of sp³-hybridized carbons (Fsp3) is 1.00. The topological polar surface area (TPSA) is 38.5 Å². The lowest BCUT2D eigenvalue weighted by molar-refractivity contribution is 0.0714. The van der Waals surface area contributed by atoms with Crippen molar-refractivity contribution in [1.82, 2.24) is 4.90 Å². The van der Waals surface area contributed by atoms with Gasteiger partial charge in [-0.15, -0.1) is 0 Å². The van der Waals surface area contributed by atoms with Crippen LogP contribution in [-0.2, 0) is 4.74 Å². The van der Waals surface area contributed by atoms with E-state index in [1.807, 2.05) is 0 Å². The summed E-state index contributed by atoms with van der Waals surface area (Å²) >= 11 is 0. The minimum absolute atomic E-state index is 0.418. The largest absolute Gasteiger partial charge is 0.380 e. The van der Waals surface area contributed by atoms with E-state index in [-0.39, 0.29) is 0 Å². The highest BCUT2D eigenvalue weighted by Crippen LogP contribution is 2.03. The molecule has 0 bridgehead atoms. The summed E-state index contributed by atoms with van der Waals surface area (Å²) in [7, 11) is 0. The van der Waals surface area contributed by atoms with Crippen molar-refractivity contribution in [3.63, 3.8) is 0 Å². The van der Waals surface area contributed by atoms with Crippen molar-refractivity contribution in [2.24, 2.45) is 5.73 Å². The fourth-order valence-corrected chi connectivity index (χ4v) is 1.23. The molecule has 66 valence electrons. The first-order valence-corrected chi connectivity index (χ1v) is 4.38. The van der Waals surface area contributed by atoms with E-state index in [4.69, 9.17) is 10.5 Å². The van der Waals surface area contributed by atoms with Crippen molar-refractivity contribution < 1.29 is 4.74 Å². The molecule has 0 amide bonds. The molecule has 0 aliphatic carbocycles. The molecule has 11 heavy (non-hydrogen) atoms. The van der Waals surface area contributed by atoms with Crippen molar-refractivity contribution in [2.75, 3.05) is 32.8 Å². The summed E-state index contributed by atoms with van der Waals surface area (Å²) in [5, 5.41) is 0. The molecule has 1 aliphatic heterocycles. The van der Waals surface area contributed by atoms with E-state index >= 15 is 0 Å². The highest BCUT2D eigenvalue weighted by molar-refractivity contribution is 4.81. The molecule has 0 aromatic rings. The van der Waals surface area contributed by atoms with E-state index in [1.54, 1.807) is 0 Å². The van der Waals surface area contributed by atoms with Crippen LogP contribution in [0.2, 0.25) is 0 Å². The van der Waals surface area contributed by atoms with Gasteiger partial charge in [-0.1, -0.05) is 6.92 Å². The number of nitrogens with zero attached hydrogens (tertiary/aromatic N) is 1. The van der Waals surface area contributed by atoms with Gasteiger partial charge in [0.2, 0.25) is 0 Å². The van der Waals surface area contributed by atoms with Gasteiger partial charge in [0.15, 0.2) is 0 Å². The molecule has 2 N–H and O–H groups in total. The van der Waals surface area contributed by atoms with Gasteiger partial charge < -0.3 is 10.5 Å². The molecule has 0 spiro atoms. The van der Waals surface area contributed by atoms with Crippen LogP contribution in [-0.4, -0.2) is 43.8 Å². The number of nitrogens with two attached hydrogens (primary N) is 1. The standard InChI is InChI=1S/C8H18N2O/c1-2-4-11-5-3-10-6-8(9)7-10/h8H,2-7,9H2,1H3. The highest BCUT2D eigenvalue weighted by Gasteiger charge is 2.21. The minimum Gasteiger partial charge on any atom is -0.380 e. The SMILES string of the molecule is CCCOCCN1CC(N)C1. The summed E-state index contributed by atoms with van der Waals surface area (Å²) in [6.07, 6.45) is 1.11. The van der Waals surface area contributed by atoms with Gasteiger partial charge in [-0.3, -0.25) is 4.90 Å². The predicted molar refractivity (Wildman–Crippen MR) is 45.5 cm³/mol. The van der Waals surface area contributed by atoms with Gasteiger partial charge in [-0.25, -0.2) is 0 Å². The Hall–Kier alpha value is -0.120.